The highest BCUT2D eigenvalue weighted by Crippen LogP contribution is 2.44. The first-order valence-corrected chi connectivity index (χ1v) is 7.43. The molecule has 2 bridgehead atoms. The second-order valence-electron chi connectivity index (χ2n) is 6.51. The summed E-state index contributed by atoms with van der Waals surface area (Å²) in [6, 6.07) is 4.57. The standard InChI is InChI=1S/C17H23NO/c1-10-6-12(3)15(7-11(10)2)17(19)18-16-9-13-4-5-14(16)8-13/h6-7,13-14,16H,4-5,8-9H2,1-3H3,(H,18,19)/t13-,14+,16+/m0/s1. The van der Waals surface area contributed by atoms with Crippen LogP contribution in [-0.2, 0) is 0 Å². The van der Waals surface area contributed by atoms with Crippen LogP contribution >= 0.6 is 0 Å². The number of rotatable bonds is 2. The predicted molar refractivity (Wildman–Crippen MR) is 77.4 cm³/mol. The fourth-order valence-corrected chi connectivity index (χ4v) is 3.87. The maximum Gasteiger partial charge on any atom is 0.251 e. The van der Waals surface area contributed by atoms with Gasteiger partial charge >= 0.3 is 0 Å². The molecule has 0 spiro atoms. The molecule has 1 aromatic carbocycles. The van der Waals surface area contributed by atoms with E-state index in [1.807, 2.05) is 13.0 Å². The summed E-state index contributed by atoms with van der Waals surface area (Å²) in [7, 11) is 0. The van der Waals surface area contributed by atoms with Gasteiger partial charge in [-0.1, -0.05) is 12.5 Å². The monoisotopic (exact) mass is 257 g/mol. The van der Waals surface area contributed by atoms with Crippen LogP contribution in [0.4, 0.5) is 0 Å². The molecule has 0 aromatic heterocycles. The van der Waals surface area contributed by atoms with Gasteiger partial charge in [0.25, 0.3) is 5.91 Å². The van der Waals surface area contributed by atoms with Crippen molar-refractivity contribution in [3.63, 3.8) is 0 Å². The minimum Gasteiger partial charge on any atom is -0.349 e. The number of carbonyl (C=O) groups excluding carboxylic acids is 1. The van der Waals surface area contributed by atoms with E-state index in [1.54, 1.807) is 0 Å². The third-order valence-electron chi connectivity index (χ3n) is 5.14. The van der Waals surface area contributed by atoms with Crippen LogP contribution in [-0.4, -0.2) is 11.9 Å². The Kier molecular flexibility index (Phi) is 3.12. The Bertz CT molecular complexity index is 520. The first kappa shape index (κ1) is 12.7. The van der Waals surface area contributed by atoms with Gasteiger partial charge in [0.05, 0.1) is 0 Å². The zero-order chi connectivity index (χ0) is 13.6. The molecule has 2 aliphatic rings. The molecular weight excluding hydrogens is 234 g/mol. The van der Waals surface area contributed by atoms with Gasteiger partial charge in [0.2, 0.25) is 0 Å². The zero-order valence-electron chi connectivity index (χ0n) is 12.1. The number of aryl methyl sites for hydroxylation is 3. The van der Waals surface area contributed by atoms with Gasteiger partial charge in [-0.2, -0.15) is 0 Å². The van der Waals surface area contributed by atoms with Crippen LogP contribution < -0.4 is 5.32 Å². The molecule has 1 aromatic rings. The first-order valence-electron chi connectivity index (χ1n) is 7.43. The molecule has 2 nitrogen and oxygen atoms in total. The van der Waals surface area contributed by atoms with Gasteiger partial charge in [0.15, 0.2) is 0 Å². The van der Waals surface area contributed by atoms with Crippen LogP contribution in [0.15, 0.2) is 12.1 Å². The molecule has 2 aliphatic carbocycles. The molecule has 2 heteroatoms. The average Bonchev–Trinajstić information content (AvgIpc) is 2.95. The van der Waals surface area contributed by atoms with Crippen LogP contribution in [0, 0.1) is 32.6 Å². The van der Waals surface area contributed by atoms with Crippen molar-refractivity contribution in [3.8, 4) is 0 Å². The van der Waals surface area contributed by atoms with Gasteiger partial charge < -0.3 is 5.32 Å². The molecule has 0 heterocycles. The Balaban J connectivity index is 1.75. The van der Waals surface area contributed by atoms with Gasteiger partial charge in [-0.15, -0.1) is 0 Å². The second-order valence-corrected chi connectivity index (χ2v) is 6.51. The van der Waals surface area contributed by atoms with Gasteiger partial charge in [-0.3, -0.25) is 4.79 Å². The third-order valence-corrected chi connectivity index (χ3v) is 5.14. The highest BCUT2D eigenvalue weighted by Gasteiger charge is 2.40. The molecule has 0 unspecified atom stereocenters. The summed E-state index contributed by atoms with van der Waals surface area (Å²) in [6.07, 6.45) is 5.21. The summed E-state index contributed by atoms with van der Waals surface area (Å²) in [5, 5.41) is 3.28. The van der Waals surface area contributed by atoms with Gasteiger partial charge in [0.1, 0.15) is 0 Å². The normalized spacial score (nSPS) is 28.7. The number of fused-ring (bicyclic) bond motifs is 2. The molecular formula is C17H23NO. The SMILES string of the molecule is Cc1cc(C)c(C(=O)N[C@@H]2C[C@H]3CC[C@@H]2C3)cc1C. The van der Waals surface area contributed by atoms with E-state index in [4.69, 9.17) is 0 Å². The zero-order valence-corrected chi connectivity index (χ0v) is 12.1. The van der Waals surface area contributed by atoms with Gasteiger partial charge in [-0.25, -0.2) is 0 Å². The summed E-state index contributed by atoms with van der Waals surface area (Å²) in [5.41, 5.74) is 4.40. The van der Waals surface area contributed by atoms with E-state index in [9.17, 15) is 4.79 Å². The fourth-order valence-electron chi connectivity index (χ4n) is 3.87. The van der Waals surface area contributed by atoms with Crippen LogP contribution in [0.2, 0.25) is 0 Å². The molecule has 1 N–H and O–H groups in total. The summed E-state index contributed by atoms with van der Waals surface area (Å²) in [5.74, 6) is 1.73. The van der Waals surface area contributed by atoms with E-state index in [0.717, 1.165) is 23.0 Å². The Morgan fingerprint density at radius 3 is 2.42 bits per heavy atom. The first-order chi connectivity index (χ1) is 9.04. The lowest BCUT2D eigenvalue weighted by molar-refractivity contribution is 0.0922. The molecule has 3 rings (SSSR count). The summed E-state index contributed by atoms with van der Waals surface area (Å²) in [4.78, 5) is 12.5. The van der Waals surface area contributed by atoms with E-state index in [0.29, 0.717) is 6.04 Å². The smallest absolute Gasteiger partial charge is 0.251 e. The van der Waals surface area contributed by atoms with Crippen molar-refractivity contribution in [2.75, 3.05) is 0 Å². The minimum absolute atomic E-state index is 0.123. The quantitative estimate of drug-likeness (QED) is 0.862. The molecule has 3 atom stereocenters. The highest BCUT2D eigenvalue weighted by molar-refractivity contribution is 5.96. The van der Waals surface area contributed by atoms with Crippen molar-refractivity contribution in [1.82, 2.24) is 5.32 Å². The van der Waals surface area contributed by atoms with Crippen LogP contribution in [0.1, 0.15) is 52.7 Å². The fraction of sp³-hybridized carbons (Fsp3) is 0.588. The van der Waals surface area contributed by atoms with Crippen LogP contribution in [0.3, 0.4) is 0 Å². The molecule has 0 radical (unpaired) electrons. The van der Waals surface area contributed by atoms with E-state index in [2.05, 4.69) is 25.2 Å². The topological polar surface area (TPSA) is 29.1 Å². The van der Waals surface area contributed by atoms with Gasteiger partial charge in [-0.05, 0) is 74.6 Å². The Morgan fingerprint density at radius 1 is 1.05 bits per heavy atom. The molecule has 2 saturated carbocycles. The lowest BCUT2D eigenvalue weighted by Crippen LogP contribution is -2.38. The molecule has 19 heavy (non-hydrogen) atoms. The van der Waals surface area contributed by atoms with Gasteiger partial charge in [0, 0.05) is 11.6 Å². The number of carbonyl (C=O) groups is 1. The van der Waals surface area contributed by atoms with Crippen molar-refractivity contribution < 1.29 is 4.79 Å². The Hall–Kier alpha value is -1.31. The van der Waals surface area contributed by atoms with Crippen LogP contribution in [0.5, 0.6) is 0 Å². The molecule has 102 valence electrons. The van der Waals surface area contributed by atoms with E-state index in [1.165, 1.54) is 36.8 Å². The summed E-state index contributed by atoms with van der Waals surface area (Å²) >= 11 is 0. The average molecular weight is 257 g/mol. The molecule has 0 aliphatic heterocycles. The molecule has 1 amide bonds. The van der Waals surface area contributed by atoms with Crippen molar-refractivity contribution in [3.05, 3.63) is 34.4 Å². The number of hydrogen-bond acceptors (Lipinski definition) is 1. The Morgan fingerprint density at radius 2 is 1.79 bits per heavy atom. The maximum atomic E-state index is 12.5. The lowest BCUT2D eigenvalue weighted by Gasteiger charge is -2.23. The lowest BCUT2D eigenvalue weighted by atomic mass is 9.94. The number of benzene rings is 1. The van der Waals surface area contributed by atoms with E-state index in [-0.39, 0.29) is 5.91 Å². The number of amides is 1. The van der Waals surface area contributed by atoms with E-state index >= 15 is 0 Å². The van der Waals surface area contributed by atoms with Crippen molar-refractivity contribution in [2.24, 2.45) is 11.8 Å². The summed E-state index contributed by atoms with van der Waals surface area (Å²) < 4.78 is 0. The van der Waals surface area contributed by atoms with Crippen molar-refractivity contribution >= 4 is 5.91 Å². The largest absolute Gasteiger partial charge is 0.349 e. The van der Waals surface area contributed by atoms with Crippen molar-refractivity contribution in [2.45, 2.75) is 52.5 Å². The van der Waals surface area contributed by atoms with E-state index < -0.39 is 0 Å². The van der Waals surface area contributed by atoms with Crippen LogP contribution in [0.25, 0.3) is 0 Å². The number of nitrogens with one attached hydrogen (secondary N) is 1. The molecule has 2 fully saturated rings. The second kappa shape index (κ2) is 4.66. The summed E-state index contributed by atoms with van der Waals surface area (Å²) in [6.45, 7) is 6.20. The van der Waals surface area contributed by atoms with Crippen molar-refractivity contribution in [1.29, 1.82) is 0 Å². The number of hydrogen-bond donors (Lipinski definition) is 1. The molecule has 0 saturated heterocycles. The predicted octanol–water partition coefficient (Wildman–Crippen LogP) is 3.53. The minimum atomic E-state index is 0.123. The third kappa shape index (κ3) is 2.29. The highest BCUT2D eigenvalue weighted by atomic mass is 16.1. The maximum absolute atomic E-state index is 12.5. The Labute approximate surface area is 115 Å².